The minimum absolute atomic E-state index is 0.204. The molecule has 1 N–H and O–H groups in total. The molecule has 98 valence electrons. The van der Waals surface area contributed by atoms with Crippen LogP contribution in [0.15, 0.2) is 24.3 Å². The Morgan fingerprint density at radius 2 is 2.00 bits per heavy atom. The predicted molar refractivity (Wildman–Crippen MR) is 74.7 cm³/mol. The van der Waals surface area contributed by atoms with Crippen molar-refractivity contribution in [2.24, 2.45) is 5.41 Å². The molecule has 1 aromatic rings. The summed E-state index contributed by atoms with van der Waals surface area (Å²) in [4.78, 5) is 0. The van der Waals surface area contributed by atoms with Crippen molar-refractivity contribution in [3.05, 3.63) is 24.3 Å². The van der Waals surface area contributed by atoms with Gasteiger partial charge in [0.25, 0.3) is 0 Å². The highest BCUT2D eigenvalue weighted by Crippen LogP contribution is 2.24. The Morgan fingerprint density at radius 3 is 2.67 bits per heavy atom. The van der Waals surface area contributed by atoms with Crippen LogP contribution in [0.3, 0.4) is 0 Å². The Bertz CT molecular complexity index is 407. The minimum Gasteiger partial charge on any atom is -0.495 e. The molecule has 0 spiro atoms. The summed E-state index contributed by atoms with van der Waals surface area (Å²) in [7, 11) is 1.68. The fourth-order valence-electron chi connectivity index (χ4n) is 1.76. The molecule has 0 amide bonds. The lowest BCUT2D eigenvalue weighted by Crippen LogP contribution is -2.09. The molecule has 0 heterocycles. The van der Waals surface area contributed by atoms with Crippen molar-refractivity contribution in [1.29, 1.82) is 5.26 Å². The van der Waals surface area contributed by atoms with Crippen LogP contribution < -0.4 is 10.1 Å². The fourth-order valence-corrected chi connectivity index (χ4v) is 1.76. The normalized spacial score (nSPS) is 10.8. The molecule has 0 saturated carbocycles. The summed E-state index contributed by atoms with van der Waals surface area (Å²) in [5.74, 6) is 0.870. The van der Waals surface area contributed by atoms with Crippen molar-refractivity contribution in [3.8, 4) is 11.8 Å². The largest absolute Gasteiger partial charge is 0.495 e. The van der Waals surface area contributed by atoms with E-state index in [1.54, 1.807) is 7.11 Å². The lowest BCUT2D eigenvalue weighted by molar-refractivity contribution is 0.415. The zero-order valence-corrected chi connectivity index (χ0v) is 11.5. The molecular formula is C15H22N2O. The molecule has 0 atom stereocenters. The molecule has 0 aromatic heterocycles. The summed E-state index contributed by atoms with van der Waals surface area (Å²) in [5.41, 5.74) is 0.823. The van der Waals surface area contributed by atoms with E-state index < -0.39 is 0 Å². The van der Waals surface area contributed by atoms with Crippen molar-refractivity contribution in [2.45, 2.75) is 33.1 Å². The number of para-hydroxylation sites is 2. The van der Waals surface area contributed by atoms with Crippen molar-refractivity contribution in [2.75, 3.05) is 19.0 Å². The van der Waals surface area contributed by atoms with Gasteiger partial charge >= 0.3 is 0 Å². The summed E-state index contributed by atoms with van der Waals surface area (Å²) in [6.07, 6.45) is 3.06. The third-order valence-corrected chi connectivity index (χ3v) is 2.95. The second kappa shape index (κ2) is 6.90. The van der Waals surface area contributed by atoms with Gasteiger partial charge in [0.05, 0.1) is 24.3 Å². The van der Waals surface area contributed by atoms with Crippen LogP contribution in [0.1, 0.15) is 33.1 Å². The molecule has 3 heteroatoms. The van der Waals surface area contributed by atoms with Gasteiger partial charge in [-0.05, 0) is 38.8 Å². The topological polar surface area (TPSA) is 45.0 Å². The number of nitrogens with one attached hydrogen (secondary N) is 1. The molecule has 0 fully saturated rings. The SMILES string of the molecule is COc1ccccc1NCCCCC(C)(C)C#N. The highest BCUT2D eigenvalue weighted by Gasteiger charge is 2.15. The molecule has 0 saturated heterocycles. The first-order valence-corrected chi connectivity index (χ1v) is 6.37. The molecule has 0 bridgehead atoms. The molecule has 0 aliphatic heterocycles. The number of anilines is 1. The Labute approximate surface area is 110 Å². The van der Waals surface area contributed by atoms with Crippen LogP contribution >= 0.6 is 0 Å². The van der Waals surface area contributed by atoms with Gasteiger partial charge in [0.15, 0.2) is 0 Å². The Balaban J connectivity index is 2.28. The number of nitrogens with zero attached hydrogens (tertiary/aromatic N) is 1. The average Bonchev–Trinajstić information content (AvgIpc) is 2.38. The van der Waals surface area contributed by atoms with E-state index in [1.165, 1.54) is 0 Å². The van der Waals surface area contributed by atoms with Crippen molar-refractivity contribution < 1.29 is 4.74 Å². The zero-order valence-electron chi connectivity index (χ0n) is 11.5. The zero-order chi connectivity index (χ0) is 13.4. The summed E-state index contributed by atoms with van der Waals surface area (Å²) in [6.45, 7) is 4.88. The smallest absolute Gasteiger partial charge is 0.141 e. The second-order valence-corrected chi connectivity index (χ2v) is 5.08. The van der Waals surface area contributed by atoms with Crippen molar-refractivity contribution in [3.63, 3.8) is 0 Å². The molecule has 0 aliphatic rings. The Hall–Kier alpha value is -1.69. The Morgan fingerprint density at radius 1 is 1.28 bits per heavy atom. The number of benzene rings is 1. The van der Waals surface area contributed by atoms with Crippen molar-refractivity contribution in [1.82, 2.24) is 0 Å². The van der Waals surface area contributed by atoms with E-state index in [9.17, 15) is 0 Å². The summed E-state index contributed by atoms with van der Waals surface area (Å²) < 4.78 is 5.27. The number of ether oxygens (including phenoxy) is 1. The van der Waals surface area contributed by atoms with Gasteiger partial charge in [0.2, 0.25) is 0 Å². The van der Waals surface area contributed by atoms with E-state index in [0.29, 0.717) is 0 Å². The maximum absolute atomic E-state index is 8.91. The lowest BCUT2D eigenvalue weighted by atomic mass is 9.89. The number of methoxy groups -OCH3 is 1. The van der Waals surface area contributed by atoms with Gasteiger partial charge in [-0.1, -0.05) is 18.6 Å². The molecule has 0 unspecified atom stereocenters. The van der Waals surface area contributed by atoms with E-state index in [1.807, 2.05) is 38.1 Å². The van der Waals surface area contributed by atoms with E-state index in [0.717, 1.165) is 37.2 Å². The van der Waals surface area contributed by atoms with Gasteiger partial charge < -0.3 is 10.1 Å². The molecule has 3 nitrogen and oxygen atoms in total. The van der Waals surface area contributed by atoms with E-state index in [2.05, 4.69) is 11.4 Å². The van der Waals surface area contributed by atoms with E-state index in [-0.39, 0.29) is 5.41 Å². The van der Waals surface area contributed by atoms with Crippen molar-refractivity contribution >= 4 is 5.69 Å². The number of hydrogen-bond donors (Lipinski definition) is 1. The fraction of sp³-hybridized carbons (Fsp3) is 0.533. The second-order valence-electron chi connectivity index (χ2n) is 5.08. The quantitative estimate of drug-likeness (QED) is 0.744. The number of nitriles is 1. The maximum Gasteiger partial charge on any atom is 0.141 e. The van der Waals surface area contributed by atoms with Gasteiger partial charge in [-0.15, -0.1) is 0 Å². The van der Waals surface area contributed by atoms with Crippen LogP contribution in [0.4, 0.5) is 5.69 Å². The molecule has 0 aliphatic carbocycles. The first kappa shape index (κ1) is 14.4. The monoisotopic (exact) mass is 246 g/mol. The van der Waals surface area contributed by atoms with Crippen LogP contribution in [0.25, 0.3) is 0 Å². The lowest BCUT2D eigenvalue weighted by Gasteiger charge is -2.15. The van der Waals surface area contributed by atoms with Gasteiger partial charge in [-0.25, -0.2) is 0 Å². The van der Waals surface area contributed by atoms with Gasteiger partial charge in [0, 0.05) is 6.54 Å². The Kier molecular flexibility index (Phi) is 5.51. The third kappa shape index (κ3) is 4.67. The standard InChI is InChI=1S/C15H22N2O/c1-15(2,12-16)10-6-7-11-17-13-8-4-5-9-14(13)18-3/h4-5,8-9,17H,6-7,10-11H2,1-3H3. The maximum atomic E-state index is 8.91. The van der Waals surface area contributed by atoms with Gasteiger partial charge in [-0.3, -0.25) is 0 Å². The first-order valence-electron chi connectivity index (χ1n) is 6.37. The van der Waals surface area contributed by atoms with Crippen LogP contribution in [-0.2, 0) is 0 Å². The number of hydrogen-bond acceptors (Lipinski definition) is 3. The molecule has 0 radical (unpaired) electrons. The van der Waals surface area contributed by atoms with Crippen LogP contribution in [0.2, 0.25) is 0 Å². The van der Waals surface area contributed by atoms with Crippen LogP contribution in [0.5, 0.6) is 5.75 Å². The predicted octanol–water partition coefficient (Wildman–Crippen LogP) is 3.83. The molecule has 1 rings (SSSR count). The number of rotatable bonds is 7. The molecule has 18 heavy (non-hydrogen) atoms. The van der Waals surface area contributed by atoms with E-state index in [4.69, 9.17) is 10.00 Å². The van der Waals surface area contributed by atoms with Crippen LogP contribution in [-0.4, -0.2) is 13.7 Å². The number of unbranched alkanes of at least 4 members (excludes halogenated alkanes) is 1. The minimum atomic E-state index is -0.204. The summed E-state index contributed by atoms with van der Waals surface area (Å²) >= 11 is 0. The average molecular weight is 246 g/mol. The molecule has 1 aromatic carbocycles. The van der Waals surface area contributed by atoms with Crippen LogP contribution in [0, 0.1) is 16.7 Å². The van der Waals surface area contributed by atoms with Gasteiger partial charge in [-0.2, -0.15) is 5.26 Å². The molecular weight excluding hydrogens is 224 g/mol. The van der Waals surface area contributed by atoms with Gasteiger partial charge in [0.1, 0.15) is 5.75 Å². The highest BCUT2D eigenvalue weighted by molar-refractivity contribution is 5.55. The summed E-state index contributed by atoms with van der Waals surface area (Å²) in [6, 6.07) is 10.2. The third-order valence-electron chi connectivity index (χ3n) is 2.95. The highest BCUT2D eigenvalue weighted by atomic mass is 16.5. The first-order chi connectivity index (χ1) is 8.59. The van der Waals surface area contributed by atoms with E-state index >= 15 is 0 Å². The summed E-state index contributed by atoms with van der Waals surface area (Å²) in [5, 5.41) is 12.3.